The molecule has 0 saturated heterocycles. The quantitative estimate of drug-likeness (QED) is 0.913. The van der Waals surface area contributed by atoms with Gasteiger partial charge in [0.15, 0.2) is 6.17 Å². The Bertz CT molecular complexity index is 782. The van der Waals surface area contributed by atoms with Crippen molar-refractivity contribution in [3.05, 3.63) is 59.7 Å². The van der Waals surface area contributed by atoms with Crippen LogP contribution in [0.25, 0.3) is 0 Å². The summed E-state index contributed by atoms with van der Waals surface area (Å²) in [4.78, 5) is 16.6. The van der Waals surface area contributed by atoms with E-state index >= 15 is 0 Å². The number of nitrogens with zero attached hydrogens (tertiary/aromatic N) is 1. The second-order valence-corrected chi connectivity index (χ2v) is 5.77. The molecule has 1 saturated carbocycles. The molecule has 0 aromatic heterocycles. The summed E-state index contributed by atoms with van der Waals surface area (Å²) in [7, 11) is 0. The highest BCUT2D eigenvalue weighted by atomic mass is 16.5. The van der Waals surface area contributed by atoms with Crippen molar-refractivity contribution in [1.82, 2.24) is 0 Å². The average Bonchev–Trinajstić information content (AvgIpc) is 3.39. The fourth-order valence-electron chi connectivity index (χ4n) is 2.61. The molecule has 2 aromatic carbocycles. The van der Waals surface area contributed by atoms with Gasteiger partial charge in [-0.05, 0) is 18.9 Å². The number of nitrogens with one attached hydrogen (secondary N) is 1. The molecule has 5 nitrogen and oxygen atoms in total. The minimum absolute atomic E-state index is 0.243. The SMILES string of the molecule is N[C@H]1N=C(c2ccccc2)c2cccc(OC3CC3)c2NC1=O. The monoisotopic (exact) mass is 307 g/mol. The van der Waals surface area contributed by atoms with Crippen molar-refractivity contribution in [3.63, 3.8) is 0 Å². The van der Waals surface area contributed by atoms with E-state index in [0.717, 1.165) is 24.0 Å². The summed E-state index contributed by atoms with van der Waals surface area (Å²) in [5.41, 5.74) is 9.01. The van der Waals surface area contributed by atoms with Crippen LogP contribution in [0.15, 0.2) is 53.5 Å². The molecule has 1 aliphatic carbocycles. The summed E-state index contributed by atoms with van der Waals surface area (Å²) in [6.07, 6.45) is 1.41. The van der Waals surface area contributed by atoms with Crippen LogP contribution in [0, 0.1) is 0 Å². The first-order chi connectivity index (χ1) is 11.2. The highest BCUT2D eigenvalue weighted by Crippen LogP contribution is 2.36. The summed E-state index contributed by atoms with van der Waals surface area (Å²) < 4.78 is 5.94. The molecule has 0 spiro atoms. The van der Waals surface area contributed by atoms with Crippen LogP contribution < -0.4 is 15.8 Å². The third-order valence-corrected chi connectivity index (χ3v) is 3.93. The molecule has 4 rings (SSSR count). The molecule has 116 valence electrons. The number of ether oxygens (including phenoxy) is 1. The van der Waals surface area contributed by atoms with Gasteiger partial charge in [0, 0.05) is 11.1 Å². The Balaban J connectivity index is 1.86. The normalized spacial score (nSPS) is 20.1. The molecule has 2 aromatic rings. The number of carbonyl (C=O) groups is 1. The lowest BCUT2D eigenvalue weighted by Gasteiger charge is -2.15. The number of fused-ring (bicyclic) bond motifs is 1. The van der Waals surface area contributed by atoms with Crippen molar-refractivity contribution in [3.8, 4) is 5.75 Å². The number of rotatable bonds is 3. The van der Waals surface area contributed by atoms with Crippen molar-refractivity contribution >= 4 is 17.3 Å². The third kappa shape index (κ3) is 2.71. The van der Waals surface area contributed by atoms with Crippen molar-refractivity contribution in [1.29, 1.82) is 0 Å². The first-order valence-electron chi connectivity index (χ1n) is 7.72. The van der Waals surface area contributed by atoms with E-state index in [-0.39, 0.29) is 12.0 Å². The number of nitrogens with two attached hydrogens (primary N) is 1. The molecule has 3 N–H and O–H groups in total. The molecule has 2 aliphatic rings. The van der Waals surface area contributed by atoms with Gasteiger partial charge in [-0.3, -0.25) is 9.79 Å². The van der Waals surface area contributed by atoms with E-state index in [1.54, 1.807) is 0 Å². The van der Waals surface area contributed by atoms with Crippen molar-refractivity contribution < 1.29 is 9.53 Å². The Hall–Kier alpha value is -2.66. The van der Waals surface area contributed by atoms with Gasteiger partial charge in [-0.25, -0.2) is 0 Å². The zero-order valence-electron chi connectivity index (χ0n) is 12.5. The summed E-state index contributed by atoms with van der Waals surface area (Å²) in [6.45, 7) is 0. The van der Waals surface area contributed by atoms with Gasteiger partial charge >= 0.3 is 0 Å². The fourth-order valence-corrected chi connectivity index (χ4v) is 2.61. The number of hydrogen-bond acceptors (Lipinski definition) is 4. The Morgan fingerprint density at radius 3 is 2.61 bits per heavy atom. The summed E-state index contributed by atoms with van der Waals surface area (Å²) in [5.74, 6) is 0.347. The Labute approximate surface area is 134 Å². The van der Waals surface area contributed by atoms with Crippen LogP contribution in [-0.4, -0.2) is 23.9 Å². The zero-order valence-corrected chi connectivity index (χ0v) is 12.5. The molecule has 0 bridgehead atoms. The molecule has 0 radical (unpaired) electrons. The summed E-state index contributed by atoms with van der Waals surface area (Å²) >= 11 is 0. The number of hydrogen-bond donors (Lipinski definition) is 2. The second-order valence-electron chi connectivity index (χ2n) is 5.77. The molecule has 1 aliphatic heterocycles. The van der Waals surface area contributed by atoms with Gasteiger partial charge in [0.05, 0.1) is 17.5 Å². The van der Waals surface area contributed by atoms with Gasteiger partial charge in [0.25, 0.3) is 5.91 Å². The maximum Gasteiger partial charge on any atom is 0.263 e. The maximum atomic E-state index is 12.2. The lowest BCUT2D eigenvalue weighted by atomic mass is 10.00. The fraction of sp³-hybridized carbons (Fsp3) is 0.222. The molecule has 0 unspecified atom stereocenters. The molecule has 1 amide bonds. The molecule has 1 heterocycles. The topological polar surface area (TPSA) is 76.7 Å². The van der Waals surface area contributed by atoms with Gasteiger partial charge < -0.3 is 15.8 Å². The Morgan fingerprint density at radius 1 is 1.09 bits per heavy atom. The molecular formula is C18H17N3O2. The Kier molecular flexibility index (Phi) is 3.35. The van der Waals surface area contributed by atoms with Crippen molar-refractivity contribution in [2.24, 2.45) is 10.7 Å². The van der Waals surface area contributed by atoms with E-state index in [1.165, 1.54) is 0 Å². The van der Waals surface area contributed by atoms with Crippen LogP contribution in [0.1, 0.15) is 24.0 Å². The zero-order chi connectivity index (χ0) is 15.8. The van der Waals surface area contributed by atoms with Crippen LogP contribution in [0.2, 0.25) is 0 Å². The van der Waals surface area contributed by atoms with Gasteiger partial charge in [0.1, 0.15) is 5.75 Å². The highest BCUT2D eigenvalue weighted by molar-refractivity contribution is 6.20. The first-order valence-corrected chi connectivity index (χ1v) is 7.72. The predicted octanol–water partition coefficient (Wildman–Crippen LogP) is 2.30. The minimum atomic E-state index is -0.939. The van der Waals surface area contributed by atoms with Crippen LogP contribution in [0.5, 0.6) is 5.75 Å². The molecule has 1 fully saturated rings. The van der Waals surface area contributed by atoms with Gasteiger partial charge in [-0.1, -0.05) is 42.5 Å². The van der Waals surface area contributed by atoms with Crippen molar-refractivity contribution in [2.75, 3.05) is 5.32 Å². The number of benzodiazepines with no additional fused rings is 1. The Morgan fingerprint density at radius 2 is 1.87 bits per heavy atom. The van der Waals surface area contributed by atoms with E-state index in [2.05, 4.69) is 10.3 Å². The van der Waals surface area contributed by atoms with Gasteiger partial charge in [-0.2, -0.15) is 0 Å². The van der Waals surface area contributed by atoms with E-state index in [0.29, 0.717) is 17.1 Å². The molecule has 1 atom stereocenters. The highest BCUT2D eigenvalue weighted by Gasteiger charge is 2.29. The van der Waals surface area contributed by atoms with E-state index in [9.17, 15) is 4.79 Å². The number of aliphatic imine (C=N–C) groups is 1. The summed E-state index contributed by atoms with van der Waals surface area (Å²) in [5, 5.41) is 2.87. The van der Waals surface area contributed by atoms with E-state index in [1.807, 2.05) is 48.5 Å². The average molecular weight is 307 g/mol. The molecule has 23 heavy (non-hydrogen) atoms. The summed E-state index contributed by atoms with van der Waals surface area (Å²) in [6, 6.07) is 15.5. The van der Waals surface area contributed by atoms with Crippen LogP contribution >= 0.6 is 0 Å². The first kappa shape index (κ1) is 14.0. The number of anilines is 1. The smallest absolute Gasteiger partial charge is 0.263 e. The van der Waals surface area contributed by atoms with Crippen LogP contribution in [0.3, 0.4) is 0 Å². The number of benzene rings is 2. The van der Waals surface area contributed by atoms with Gasteiger partial charge in [0.2, 0.25) is 0 Å². The minimum Gasteiger partial charge on any atom is -0.488 e. The predicted molar refractivity (Wildman–Crippen MR) is 88.8 cm³/mol. The lowest BCUT2D eigenvalue weighted by Crippen LogP contribution is -2.33. The standard InChI is InChI=1S/C18H17N3O2/c19-17-18(22)21-16-13(7-4-8-14(16)23-12-9-10-12)15(20-17)11-5-2-1-3-6-11/h1-8,12,17H,9-10,19H2,(H,21,22)/t17-/m0/s1. The van der Waals surface area contributed by atoms with E-state index < -0.39 is 6.17 Å². The van der Waals surface area contributed by atoms with Crippen LogP contribution in [0.4, 0.5) is 5.69 Å². The lowest BCUT2D eigenvalue weighted by molar-refractivity contribution is -0.117. The number of carbonyl (C=O) groups excluding carboxylic acids is 1. The van der Waals surface area contributed by atoms with Crippen molar-refractivity contribution in [2.45, 2.75) is 25.1 Å². The second kappa shape index (κ2) is 5.52. The molecular weight excluding hydrogens is 290 g/mol. The third-order valence-electron chi connectivity index (χ3n) is 3.93. The largest absolute Gasteiger partial charge is 0.488 e. The van der Waals surface area contributed by atoms with E-state index in [4.69, 9.17) is 10.5 Å². The van der Waals surface area contributed by atoms with Gasteiger partial charge in [-0.15, -0.1) is 0 Å². The number of amides is 1. The van der Waals surface area contributed by atoms with Crippen LogP contribution in [-0.2, 0) is 4.79 Å². The molecule has 5 heteroatoms. The maximum absolute atomic E-state index is 12.2. The number of para-hydroxylation sites is 1.